The van der Waals surface area contributed by atoms with Crippen LogP contribution in [0.3, 0.4) is 0 Å². The summed E-state index contributed by atoms with van der Waals surface area (Å²) >= 11 is 0. The molecule has 0 unspecified atom stereocenters. The highest BCUT2D eigenvalue weighted by Gasteiger charge is 2.04. The molecule has 0 aliphatic carbocycles. The second-order valence-electron chi connectivity index (χ2n) is 3.84. The van der Waals surface area contributed by atoms with Gasteiger partial charge in [0.05, 0.1) is 12.8 Å². The molecular formula is C13H16N4O. The second-order valence-corrected chi connectivity index (χ2v) is 3.84. The van der Waals surface area contributed by atoms with Crippen molar-refractivity contribution in [2.24, 2.45) is 0 Å². The fraction of sp³-hybridized carbons (Fsp3) is 0.231. The normalized spacial score (nSPS) is 9.94. The Kier molecular flexibility index (Phi) is 3.62. The Hall–Kier alpha value is -2.30. The van der Waals surface area contributed by atoms with Crippen molar-refractivity contribution < 1.29 is 4.74 Å². The maximum atomic E-state index is 5.31. The molecule has 5 nitrogen and oxygen atoms in total. The summed E-state index contributed by atoms with van der Waals surface area (Å²) in [5.74, 6) is 2.08. The monoisotopic (exact) mass is 244 g/mol. The second kappa shape index (κ2) is 5.35. The van der Waals surface area contributed by atoms with Gasteiger partial charge in [-0.25, -0.2) is 4.98 Å². The van der Waals surface area contributed by atoms with E-state index in [9.17, 15) is 0 Å². The maximum absolute atomic E-state index is 5.31. The van der Waals surface area contributed by atoms with Crippen LogP contribution in [0.2, 0.25) is 0 Å². The molecule has 0 bridgehead atoms. The van der Waals surface area contributed by atoms with Crippen molar-refractivity contribution in [2.45, 2.75) is 6.92 Å². The largest absolute Gasteiger partial charge is 0.495 e. The van der Waals surface area contributed by atoms with E-state index >= 15 is 0 Å². The Morgan fingerprint density at radius 1 is 1.22 bits per heavy atom. The molecule has 1 aromatic carbocycles. The van der Waals surface area contributed by atoms with Gasteiger partial charge in [-0.3, -0.25) is 0 Å². The molecule has 2 aromatic rings. The van der Waals surface area contributed by atoms with Crippen LogP contribution >= 0.6 is 0 Å². The van der Waals surface area contributed by atoms with Gasteiger partial charge in [0, 0.05) is 13.2 Å². The highest BCUT2D eigenvalue weighted by atomic mass is 16.5. The number of anilines is 3. The van der Waals surface area contributed by atoms with E-state index in [0.29, 0.717) is 5.95 Å². The Bertz CT molecular complexity index is 542. The summed E-state index contributed by atoms with van der Waals surface area (Å²) in [6, 6.07) is 7.75. The fourth-order valence-corrected chi connectivity index (χ4v) is 1.61. The molecule has 0 aliphatic rings. The number of nitrogens with zero attached hydrogens (tertiary/aromatic N) is 2. The molecule has 1 aromatic heterocycles. The van der Waals surface area contributed by atoms with Gasteiger partial charge in [0.2, 0.25) is 5.95 Å². The van der Waals surface area contributed by atoms with Crippen LogP contribution in [0.5, 0.6) is 5.75 Å². The number of ether oxygens (including phenoxy) is 1. The van der Waals surface area contributed by atoms with Gasteiger partial charge in [-0.05, 0) is 30.7 Å². The summed E-state index contributed by atoms with van der Waals surface area (Å²) in [5, 5.41) is 6.12. The zero-order chi connectivity index (χ0) is 13.0. The highest BCUT2D eigenvalue weighted by Crippen LogP contribution is 2.27. The summed E-state index contributed by atoms with van der Waals surface area (Å²) in [6.45, 7) is 2.03. The minimum absolute atomic E-state index is 0.576. The Labute approximate surface area is 106 Å². The quantitative estimate of drug-likeness (QED) is 0.865. The van der Waals surface area contributed by atoms with Gasteiger partial charge in [0.25, 0.3) is 0 Å². The van der Waals surface area contributed by atoms with Crippen LogP contribution < -0.4 is 15.4 Å². The molecular weight excluding hydrogens is 228 g/mol. The summed E-state index contributed by atoms with van der Waals surface area (Å²) in [7, 11) is 3.43. The summed E-state index contributed by atoms with van der Waals surface area (Å²) in [6.07, 6.45) is 1.70. The van der Waals surface area contributed by atoms with E-state index in [1.807, 2.05) is 31.2 Å². The van der Waals surface area contributed by atoms with Crippen molar-refractivity contribution in [2.75, 3.05) is 24.8 Å². The molecule has 18 heavy (non-hydrogen) atoms. The lowest BCUT2D eigenvalue weighted by atomic mass is 10.2. The topological polar surface area (TPSA) is 59.1 Å². The standard InChI is InChI=1S/C13H16N4O/c1-9-4-5-11(18-3)10(8-9)16-12-6-7-15-13(14-2)17-12/h4-8H,1-3H3,(H2,14,15,16,17). The number of nitrogens with one attached hydrogen (secondary N) is 2. The number of hydrogen-bond acceptors (Lipinski definition) is 5. The number of aryl methyl sites for hydroxylation is 1. The van der Waals surface area contributed by atoms with Gasteiger partial charge < -0.3 is 15.4 Å². The van der Waals surface area contributed by atoms with Crippen LogP contribution in [0.4, 0.5) is 17.5 Å². The average Bonchev–Trinajstić information content (AvgIpc) is 2.39. The number of rotatable bonds is 4. The van der Waals surface area contributed by atoms with Gasteiger partial charge in [-0.15, -0.1) is 0 Å². The minimum Gasteiger partial charge on any atom is -0.495 e. The number of aromatic nitrogens is 2. The molecule has 0 fully saturated rings. The van der Waals surface area contributed by atoms with E-state index < -0.39 is 0 Å². The summed E-state index contributed by atoms with van der Waals surface area (Å²) in [4.78, 5) is 8.37. The van der Waals surface area contributed by atoms with Crippen molar-refractivity contribution in [3.8, 4) is 5.75 Å². The predicted molar refractivity (Wildman–Crippen MR) is 72.6 cm³/mol. The first kappa shape index (κ1) is 12.2. The third kappa shape index (κ3) is 2.68. The van der Waals surface area contributed by atoms with Crippen LogP contribution in [0.1, 0.15) is 5.56 Å². The van der Waals surface area contributed by atoms with E-state index in [-0.39, 0.29) is 0 Å². The van der Waals surface area contributed by atoms with Crippen LogP contribution in [0.15, 0.2) is 30.5 Å². The van der Waals surface area contributed by atoms with Crippen molar-refractivity contribution in [3.05, 3.63) is 36.0 Å². The molecule has 5 heteroatoms. The van der Waals surface area contributed by atoms with Crippen molar-refractivity contribution in [3.63, 3.8) is 0 Å². The molecule has 2 rings (SSSR count). The third-order valence-corrected chi connectivity index (χ3v) is 2.50. The molecule has 0 radical (unpaired) electrons. The zero-order valence-electron chi connectivity index (χ0n) is 10.7. The molecule has 0 atom stereocenters. The molecule has 2 N–H and O–H groups in total. The smallest absolute Gasteiger partial charge is 0.224 e. The highest BCUT2D eigenvalue weighted by molar-refractivity contribution is 5.65. The van der Waals surface area contributed by atoms with Crippen LogP contribution in [-0.4, -0.2) is 24.1 Å². The van der Waals surface area contributed by atoms with Crippen molar-refractivity contribution >= 4 is 17.5 Å². The third-order valence-electron chi connectivity index (χ3n) is 2.50. The lowest BCUT2D eigenvalue weighted by Crippen LogP contribution is -2.01. The average molecular weight is 244 g/mol. The van der Waals surface area contributed by atoms with Crippen LogP contribution in [0, 0.1) is 6.92 Å². The molecule has 0 saturated carbocycles. The SMILES string of the molecule is CNc1nccc(Nc2cc(C)ccc2OC)n1. The number of methoxy groups -OCH3 is 1. The molecule has 0 aliphatic heterocycles. The lowest BCUT2D eigenvalue weighted by Gasteiger charge is -2.11. The Morgan fingerprint density at radius 3 is 2.78 bits per heavy atom. The Morgan fingerprint density at radius 2 is 2.06 bits per heavy atom. The maximum Gasteiger partial charge on any atom is 0.224 e. The Balaban J connectivity index is 2.29. The summed E-state index contributed by atoms with van der Waals surface area (Å²) < 4.78 is 5.31. The van der Waals surface area contributed by atoms with Crippen LogP contribution in [0.25, 0.3) is 0 Å². The summed E-state index contributed by atoms with van der Waals surface area (Å²) in [5.41, 5.74) is 2.04. The molecule has 0 amide bonds. The van der Waals surface area contributed by atoms with Gasteiger partial charge in [0.1, 0.15) is 11.6 Å². The first-order valence-electron chi connectivity index (χ1n) is 5.65. The predicted octanol–water partition coefficient (Wildman–Crippen LogP) is 2.58. The molecule has 94 valence electrons. The van der Waals surface area contributed by atoms with E-state index in [1.165, 1.54) is 0 Å². The van der Waals surface area contributed by atoms with Crippen molar-refractivity contribution in [1.82, 2.24) is 9.97 Å². The van der Waals surface area contributed by atoms with Gasteiger partial charge in [-0.2, -0.15) is 4.98 Å². The number of benzene rings is 1. The van der Waals surface area contributed by atoms with E-state index in [4.69, 9.17) is 4.74 Å². The number of hydrogen-bond donors (Lipinski definition) is 2. The van der Waals surface area contributed by atoms with E-state index in [0.717, 1.165) is 22.8 Å². The fourth-order valence-electron chi connectivity index (χ4n) is 1.61. The zero-order valence-corrected chi connectivity index (χ0v) is 10.7. The molecule has 0 spiro atoms. The van der Waals surface area contributed by atoms with Gasteiger partial charge in [0.15, 0.2) is 0 Å². The molecule has 0 saturated heterocycles. The molecule has 1 heterocycles. The first-order chi connectivity index (χ1) is 8.72. The van der Waals surface area contributed by atoms with E-state index in [2.05, 4.69) is 20.6 Å². The van der Waals surface area contributed by atoms with E-state index in [1.54, 1.807) is 20.4 Å². The lowest BCUT2D eigenvalue weighted by molar-refractivity contribution is 0.416. The van der Waals surface area contributed by atoms with Crippen molar-refractivity contribution in [1.29, 1.82) is 0 Å². The van der Waals surface area contributed by atoms with Crippen LogP contribution in [-0.2, 0) is 0 Å². The first-order valence-corrected chi connectivity index (χ1v) is 5.65. The minimum atomic E-state index is 0.576. The van der Waals surface area contributed by atoms with Gasteiger partial charge in [-0.1, -0.05) is 6.07 Å². The van der Waals surface area contributed by atoms with Gasteiger partial charge >= 0.3 is 0 Å².